The van der Waals surface area contributed by atoms with Crippen molar-refractivity contribution in [1.82, 2.24) is 10.2 Å². The second-order valence-electron chi connectivity index (χ2n) is 7.81. The van der Waals surface area contributed by atoms with Crippen LogP contribution in [0, 0.1) is 0 Å². The Hall–Kier alpha value is -1.10. The van der Waals surface area contributed by atoms with Crippen LogP contribution in [0.3, 0.4) is 0 Å². The smallest absolute Gasteiger partial charge is 0.194 e. The van der Waals surface area contributed by atoms with Crippen LogP contribution in [0.2, 0.25) is 0 Å². The van der Waals surface area contributed by atoms with E-state index in [2.05, 4.69) is 46.3 Å². The van der Waals surface area contributed by atoms with E-state index in [0.29, 0.717) is 6.54 Å². The largest absolute Gasteiger partial charge is 0.378 e. The molecule has 3 saturated heterocycles. The van der Waals surface area contributed by atoms with Crippen LogP contribution < -0.4 is 10.2 Å². The molecule has 0 aliphatic carbocycles. The van der Waals surface area contributed by atoms with Crippen molar-refractivity contribution >= 4 is 35.6 Å². The van der Waals surface area contributed by atoms with Gasteiger partial charge in [0.1, 0.15) is 6.10 Å². The minimum atomic E-state index is 0. The van der Waals surface area contributed by atoms with Crippen molar-refractivity contribution in [2.45, 2.75) is 38.5 Å². The van der Waals surface area contributed by atoms with Crippen molar-refractivity contribution in [3.05, 3.63) is 29.8 Å². The summed E-state index contributed by atoms with van der Waals surface area (Å²) in [7, 11) is 0. The van der Waals surface area contributed by atoms with Crippen molar-refractivity contribution in [3.8, 4) is 0 Å². The van der Waals surface area contributed by atoms with Gasteiger partial charge in [-0.1, -0.05) is 18.2 Å². The summed E-state index contributed by atoms with van der Waals surface area (Å²) in [4.78, 5) is 9.74. The third-order valence-electron chi connectivity index (χ3n) is 5.85. The fourth-order valence-electron chi connectivity index (χ4n) is 4.33. The van der Waals surface area contributed by atoms with E-state index >= 15 is 0 Å². The lowest BCUT2D eigenvalue weighted by atomic mass is 10.1. The van der Waals surface area contributed by atoms with Crippen LogP contribution in [0.5, 0.6) is 0 Å². The minimum Gasteiger partial charge on any atom is -0.378 e. The number of benzene rings is 1. The molecule has 30 heavy (non-hydrogen) atoms. The molecule has 3 aliphatic heterocycles. The molecule has 0 saturated carbocycles. The van der Waals surface area contributed by atoms with E-state index in [1.165, 1.54) is 11.3 Å². The maximum absolute atomic E-state index is 6.01. The van der Waals surface area contributed by atoms with Gasteiger partial charge in [-0.3, -0.25) is 0 Å². The number of morpholine rings is 2. The summed E-state index contributed by atoms with van der Waals surface area (Å²) >= 11 is 0. The third kappa shape index (κ3) is 5.99. The van der Waals surface area contributed by atoms with Gasteiger partial charge in [-0.2, -0.15) is 0 Å². The van der Waals surface area contributed by atoms with Crippen molar-refractivity contribution in [1.29, 1.82) is 0 Å². The first-order valence-electron chi connectivity index (χ1n) is 11.0. The highest BCUT2D eigenvalue weighted by atomic mass is 127. The molecule has 0 amide bonds. The van der Waals surface area contributed by atoms with Gasteiger partial charge in [0.15, 0.2) is 5.96 Å². The summed E-state index contributed by atoms with van der Waals surface area (Å²) in [6, 6.07) is 8.60. The van der Waals surface area contributed by atoms with Crippen LogP contribution in [0.25, 0.3) is 0 Å². The summed E-state index contributed by atoms with van der Waals surface area (Å²) in [5.74, 6) is 0.968. The second-order valence-corrected chi connectivity index (χ2v) is 7.81. The molecule has 0 spiro atoms. The van der Waals surface area contributed by atoms with Crippen molar-refractivity contribution in [2.75, 3.05) is 64.1 Å². The molecule has 3 fully saturated rings. The monoisotopic (exact) mass is 530 g/mol. The molecule has 1 aromatic carbocycles. The average Bonchev–Trinajstić information content (AvgIpc) is 3.33. The molecule has 0 aromatic heterocycles. The van der Waals surface area contributed by atoms with E-state index < -0.39 is 0 Å². The van der Waals surface area contributed by atoms with Gasteiger partial charge in [0.05, 0.1) is 32.5 Å². The number of aliphatic imine (C=N–C) groups is 1. The summed E-state index contributed by atoms with van der Waals surface area (Å²) in [5.41, 5.74) is 2.53. The highest BCUT2D eigenvalue weighted by molar-refractivity contribution is 14.0. The van der Waals surface area contributed by atoms with Gasteiger partial charge in [0.2, 0.25) is 0 Å². The fraction of sp³-hybridized carbons (Fsp3) is 0.682. The molecule has 1 aromatic rings. The number of nitrogens with zero attached hydrogens (tertiary/aromatic N) is 3. The van der Waals surface area contributed by atoms with E-state index in [-0.39, 0.29) is 36.2 Å². The van der Waals surface area contributed by atoms with Crippen LogP contribution in [-0.4, -0.2) is 82.2 Å². The normalized spacial score (nSPS) is 25.2. The first-order valence-corrected chi connectivity index (χ1v) is 11.0. The molecular weight excluding hydrogens is 495 g/mol. The Kier molecular flexibility index (Phi) is 9.48. The van der Waals surface area contributed by atoms with E-state index in [4.69, 9.17) is 19.2 Å². The average molecular weight is 530 g/mol. The van der Waals surface area contributed by atoms with E-state index in [0.717, 1.165) is 78.0 Å². The highest BCUT2D eigenvalue weighted by Gasteiger charge is 2.32. The molecule has 2 atom stereocenters. The Labute approximate surface area is 197 Å². The first-order chi connectivity index (χ1) is 14.3. The van der Waals surface area contributed by atoms with Crippen LogP contribution in [0.15, 0.2) is 29.3 Å². The molecule has 0 bridgehead atoms. The van der Waals surface area contributed by atoms with E-state index in [1.807, 2.05) is 0 Å². The molecule has 3 aliphatic rings. The van der Waals surface area contributed by atoms with Gasteiger partial charge in [-0.15, -0.1) is 24.0 Å². The van der Waals surface area contributed by atoms with Crippen molar-refractivity contribution in [3.63, 3.8) is 0 Å². The van der Waals surface area contributed by atoms with E-state index in [9.17, 15) is 0 Å². The molecule has 8 heteroatoms. The minimum absolute atomic E-state index is 0. The number of para-hydroxylation sites is 1. The standard InChI is InChI=1S/C22H34N4O3.HI/c1-2-23-22(26-11-15-29-21(17-26)20-8-5-12-28-20)24-16-18-6-3-4-7-19(18)25-9-13-27-14-10-25;/h3-4,6-7,20-21H,2,5,8-17H2,1H3,(H,23,24);1H. The lowest BCUT2D eigenvalue weighted by Crippen LogP contribution is -2.53. The van der Waals surface area contributed by atoms with Crippen LogP contribution in [0.1, 0.15) is 25.3 Å². The van der Waals surface area contributed by atoms with Gasteiger partial charge < -0.3 is 29.3 Å². The first kappa shape index (κ1) is 23.6. The number of anilines is 1. The predicted molar refractivity (Wildman–Crippen MR) is 130 cm³/mol. The van der Waals surface area contributed by atoms with Gasteiger partial charge in [0, 0.05) is 45.0 Å². The molecule has 2 unspecified atom stereocenters. The predicted octanol–water partition coefficient (Wildman–Crippen LogP) is 2.49. The molecule has 3 heterocycles. The third-order valence-corrected chi connectivity index (χ3v) is 5.85. The number of hydrogen-bond acceptors (Lipinski definition) is 5. The molecule has 168 valence electrons. The zero-order chi connectivity index (χ0) is 19.9. The van der Waals surface area contributed by atoms with Crippen LogP contribution in [-0.2, 0) is 20.8 Å². The highest BCUT2D eigenvalue weighted by Crippen LogP contribution is 2.23. The van der Waals surface area contributed by atoms with E-state index in [1.54, 1.807) is 0 Å². The number of halogens is 1. The van der Waals surface area contributed by atoms with Crippen LogP contribution in [0.4, 0.5) is 5.69 Å². The summed E-state index contributed by atoms with van der Waals surface area (Å²) in [6.07, 6.45) is 2.59. The lowest BCUT2D eigenvalue weighted by Gasteiger charge is -2.37. The summed E-state index contributed by atoms with van der Waals surface area (Å²) < 4.78 is 17.4. The maximum Gasteiger partial charge on any atom is 0.194 e. The van der Waals surface area contributed by atoms with Crippen molar-refractivity contribution in [2.24, 2.45) is 4.99 Å². The molecule has 1 N–H and O–H groups in total. The zero-order valence-corrected chi connectivity index (χ0v) is 20.3. The molecule has 0 radical (unpaired) electrons. The molecular formula is C22H35IN4O3. The molecule has 4 rings (SSSR count). The van der Waals surface area contributed by atoms with Gasteiger partial charge in [0.25, 0.3) is 0 Å². The van der Waals surface area contributed by atoms with Gasteiger partial charge in [-0.05, 0) is 31.4 Å². The number of hydrogen-bond donors (Lipinski definition) is 1. The lowest BCUT2D eigenvalue weighted by molar-refractivity contribution is -0.0817. The number of nitrogens with one attached hydrogen (secondary N) is 1. The zero-order valence-electron chi connectivity index (χ0n) is 17.9. The SMILES string of the molecule is CCNC(=NCc1ccccc1N1CCOCC1)N1CCOC(C2CCCO2)C1.I. The quantitative estimate of drug-likeness (QED) is 0.359. The summed E-state index contributed by atoms with van der Waals surface area (Å²) in [6.45, 7) is 10.4. The Balaban J connectivity index is 0.00000256. The Morgan fingerprint density at radius 3 is 2.63 bits per heavy atom. The molecule has 7 nitrogen and oxygen atoms in total. The second kappa shape index (κ2) is 12.1. The van der Waals surface area contributed by atoms with Crippen molar-refractivity contribution < 1.29 is 14.2 Å². The van der Waals surface area contributed by atoms with Gasteiger partial charge in [-0.25, -0.2) is 4.99 Å². The Morgan fingerprint density at radius 2 is 1.87 bits per heavy atom. The number of rotatable bonds is 5. The van der Waals surface area contributed by atoms with Gasteiger partial charge >= 0.3 is 0 Å². The van der Waals surface area contributed by atoms with Crippen LogP contribution >= 0.6 is 24.0 Å². The maximum atomic E-state index is 6.01. The fourth-order valence-corrected chi connectivity index (χ4v) is 4.33. The number of ether oxygens (including phenoxy) is 3. The topological polar surface area (TPSA) is 58.6 Å². The summed E-state index contributed by atoms with van der Waals surface area (Å²) in [5, 5.41) is 3.48. The Bertz CT molecular complexity index is 678. The number of guanidine groups is 1. The Morgan fingerprint density at radius 1 is 1.07 bits per heavy atom.